The minimum absolute atomic E-state index is 0.132. The molecule has 2 rings (SSSR count). The zero-order chi connectivity index (χ0) is 13.1. The minimum Gasteiger partial charge on any atom is -0.508 e. The zero-order valence-electron chi connectivity index (χ0n) is 10.2. The lowest BCUT2D eigenvalue weighted by molar-refractivity contribution is 0.0949. The summed E-state index contributed by atoms with van der Waals surface area (Å²) in [5.74, 6) is -0.0683. The van der Waals surface area contributed by atoms with Crippen LogP contribution in [-0.2, 0) is 6.54 Å². The Morgan fingerprint density at radius 3 is 2.89 bits per heavy atom. The van der Waals surface area contributed by atoms with Crippen LogP contribution in [0.25, 0.3) is 0 Å². The third-order valence-electron chi connectivity index (χ3n) is 2.65. The first-order chi connectivity index (χ1) is 8.58. The Bertz CT molecular complexity index is 578. The molecule has 2 N–H and O–H groups in total. The molecule has 0 atom stereocenters. The van der Waals surface area contributed by atoms with Gasteiger partial charge in [0.2, 0.25) is 0 Å². The molecule has 0 unspecified atom stereocenters. The molecule has 4 nitrogen and oxygen atoms in total. The number of nitrogens with zero attached hydrogens (tertiary/aromatic N) is 1. The number of aromatic hydroxyl groups is 1. The smallest absolute Gasteiger partial charge is 0.252 e. The first kappa shape index (κ1) is 12.6. The van der Waals surface area contributed by atoms with Gasteiger partial charge in [0, 0.05) is 16.5 Å². The molecule has 0 saturated heterocycles. The molecule has 5 heteroatoms. The molecule has 0 saturated carbocycles. The lowest BCUT2D eigenvalue weighted by Gasteiger charge is -2.07. The van der Waals surface area contributed by atoms with Crippen molar-refractivity contribution < 1.29 is 9.90 Å². The van der Waals surface area contributed by atoms with Crippen molar-refractivity contribution in [3.63, 3.8) is 0 Å². The minimum atomic E-state index is -0.200. The number of nitrogens with one attached hydrogen (secondary N) is 1. The van der Waals surface area contributed by atoms with Crippen LogP contribution in [0.4, 0.5) is 0 Å². The number of amides is 1. The monoisotopic (exact) mass is 262 g/mol. The molecule has 1 amide bonds. The van der Waals surface area contributed by atoms with Gasteiger partial charge in [-0.25, -0.2) is 4.98 Å². The van der Waals surface area contributed by atoms with E-state index in [0.29, 0.717) is 17.7 Å². The highest BCUT2D eigenvalue weighted by Crippen LogP contribution is 2.19. The van der Waals surface area contributed by atoms with Gasteiger partial charge < -0.3 is 10.4 Å². The van der Waals surface area contributed by atoms with Crippen molar-refractivity contribution in [2.75, 3.05) is 0 Å². The normalized spacial score (nSPS) is 10.3. The number of aromatic nitrogens is 1. The van der Waals surface area contributed by atoms with Crippen LogP contribution >= 0.6 is 11.3 Å². The predicted octanol–water partition coefficient (Wildman–Crippen LogP) is 2.40. The highest BCUT2D eigenvalue weighted by atomic mass is 32.1. The van der Waals surface area contributed by atoms with Gasteiger partial charge in [0.1, 0.15) is 5.75 Å². The van der Waals surface area contributed by atoms with Gasteiger partial charge in [-0.2, -0.15) is 0 Å². The summed E-state index contributed by atoms with van der Waals surface area (Å²) in [7, 11) is 0. The van der Waals surface area contributed by atoms with Gasteiger partial charge in [0.05, 0.1) is 17.2 Å². The Balaban J connectivity index is 2.06. The van der Waals surface area contributed by atoms with Gasteiger partial charge in [0.15, 0.2) is 0 Å². The SMILES string of the molecule is Cc1nc(CNC(=O)c2cccc(O)c2C)cs1. The highest BCUT2D eigenvalue weighted by molar-refractivity contribution is 7.09. The second kappa shape index (κ2) is 5.18. The highest BCUT2D eigenvalue weighted by Gasteiger charge is 2.11. The van der Waals surface area contributed by atoms with Crippen LogP contribution in [0.15, 0.2) is 23.6 Å². The van der Waals surface area contributed by atoms with E-state index in [4.69, 9.17) is 0 Å². The van der Waals surface area contributed by atoms with Crippen molar-refractivity contribution in [3.05, 3.63) is 45.4 Å². The van der Waals surface area contributed by atoms with Gasteiger partial charge in [0.25, 0.3) is 5.91 Å². The van der Waals surface area contributed by atoms with Gasteiger partial charge >= 0.3 is 0 Å². The second-order valence-electron chi connectivity index (χ2n) is 3.99. The summed E-state index contributed by atoms with van der Waals surface area (Å²) in [6.07, 6.45) is 0. The van der Waals surface area contributed by atoms with Gasteiger partial charge in [-0.3, -0.25) is 4.79 Å². The van der Waals surface area contributed by atoms with Crippen molar-refractivity contribution in [2.24, 2.45) is 0 Å². The summed E-state index contributed by atoms with van der Waals surface area (Å²) in [5.41, 5.74) is 1.93. The van der Waals surface area contributed by atoms with E-state index in [9.17, 15) is 9.90 Å². The number of aryl methyl sites for hydroxylation is 1. The van der Waals surface area contributed by atoms with Crippen LogP contribution in [0.5, 0.6) is 5.75 Å². The summed E-state index contributed by atoms with van der Waals surface area (Å²) in [4.78, 5) is 16.2. The van der Waals surface area contributed by atoms with Crippen LogP contribution in [0, 0.1) is 13.8 Å². The third kappa shape index (κ3) is 2.68. The molecular weight excluding hydrogens is 248 g/mol. The van der Waals surface area contributed by atoms with Crippen LogP contribution in [0.1, 0.15) is 26.6 Å². The second-order valence-corrected chi connectivity index (χ2v) is 5.05. The van der Waals surface area contributed by atoms with Gasteiger partial charge in [-0.15, -0.1) is 11.3 Å². The Labute approximate surface area is 109 Å². The van der Waals surface area contributed by atoms with Crippen LogP contribution in [0.2, 0.25) is 0 Å². The third-order valence-corrected chi connectivity index (χ3v) is 3.47. The standard InChI is InChI=1S/C13H14N2O2S/c1-8-11(4-3-5-12(8)16)13(17)14-6-10-7-18-9(2)15-10/h3-5,7,16H,6H2,1-2H3,(H,14,17). The van der Waals surface area contributed by atoms with E-state index < -0.39 is 0 Å². The fourth-order valence-corrected chi connectivity index (χ4v) is 2.24. The maximum Gasteiger partial charge on any atom is 0.252 e. The Morgan fingerprint density at radius 1 is 1.44 bits per heavy atom. The van der Waals surface area contributed by atoms with Gasteiger partial charge in [-0.1, -0.05) is 6.07 Å². The molecule has 0 aliphatic heterocycles. The van der Waals surface area contributed by atoms with Crippen molar-refractivity contribution in [1.82, 2.24) is 10.3 Å². The van der Waals surface area contributed by atoms with E-state index in [1.54, 1.807) is 36.5 Å². The maximum atomic E-state index is 12.0. The molecule has 0 spiro atoms. The summed E-state index contributed by atoms with van der Waals surface area (Å²) in [6.45, 7) is 4.05. The summed E-state index contributed by atoms with van der Waals surface area (Å²) < 4.78 is 0. The number of rotatable bonds is 3. The van der Waals surface area contributed by atoms with Crippen molar-refractivity contribution in [1.29, 1.82) is 0 Å². The number of carbonyl (C=O) groups is 1. The molecule has 0 radical (unpaired) electrons. The first-order valence-electron chi connectivity index (χ1n) is 5.55. The predicted molar refractivity (Wildman–Crippen MR) is 70.9 cm³/mol. The molecule has 94 valence electrons. The quantitative estimate of drug-likeness (QED) is 0.892. The van der Waals surface area contributed by atoms with E-state index >= 15 is 0 Å². The molecule has 0 aliphatic carbocycles. The zero-order valence-corrected chi connectivity index (χ0v) is 11.0. The number of hydrogen-bond acceptors (Lipinski definition) is 4. The lowest BCUT2D eigenvalue weighted by Crippen LogP contribution is -2.23. The summed E-state index contributed by atoms with van der Waals surface area (Å²) >= 11 is 1.56. The van der Waals surface area contributed by atoms with Crippen LogP contribution in [0.3, 0.4) is 0 Å². The van der Waals surface area contributed by atoms with E-state index in [1.807, 2.05) is 12.3 Å². The molecule has 0 fully saturated rings. The fourth-order valence-electron chi connectivity index (χ4n) is 1.62. The van der Waals surface area contributed by atoms with Gasteiger partial charge in [-0.05, 0) is 26.0 Å². The Kier molecular flexibility index (Phi) is 3.62. The van der Waals surface area contributed by atoms with Crippen molar-refractivity contribution in [2.45, 2.75) is 20.4 Å². The largest absolute Gasteiger partial charge is 0.508 e. The molecule has 0 bridgehead atoms. The molecular formula is C13H14N2O2S. The van der Waals surface area contributed by atoms with E-state index in [-0.39, 0.29) is 11.7 Å². The van der Waals surface area contributed by atoms with Crippen LogP contribution in [-0.4, -0.2) is 16.0 Å². The summed E-state index contributed by atoms with van der Waals surface area (Å²) in [5, 5.41) is 15.2. The topological polar surface area (TPSA) is 62.2 Å². The van der Waals surface area contributed by atoms with Crippen molar-refractivity contribution in [3.8, 4) is 5.75 Å². The molecule has 1 heterocycles. The Morgan fingerprint density at radius 2 is 2.22 bits per heavy atom. The maximum absolute atomic E-state index is 12.0. The average Bonchev–Trinajstić information content (AvgIpc) is 2.76. The fraction of sp³-hybridized carbons (Fsp3) is 0.231. The molecule has 1 aromatic heterocycles. The van der Waals surface area contributed by atoms with Crippen LogP contribution < -0.4 is 5.32 Å². The Hall–Kier alpha value is -1.88. The number of hydrogen-bond donors (Lipinski definition) is 2. The van der Waals surface area contributed by atoms with E-state index in [1.165, 1.54) is 0 Å². The number of thiazole rings is 1. The van der Waals surface area contributed by atoms with E-state index in [0.717, 1.165) is 10.7 Å². The molecule has 0 aliphatic rings. The van der Waals surface area contributed by atoms with E-state index in [2.05, 4.69) is 10.3 Å². The lowest BCUT2D eigenvalue weighted by atomic mass is 10.1. The molecule has 1 aromatic carbocycles. The number of carbonyl (C=O) groups excluding carboxylic acids is 1. The molecule has 2 aromatic rings. The summed E-state index contributed by atoms with van der Waals surface area (Å²) in [6, 6.07) is 4.91. The number of benzene rings is 1. The van der Waals surface area contributed by atoms with Crippen molar-refractivity contribution >= 4 is 17.2 Å². The number of phenolic OH excluding ortho intramolecular Hbond substituents is 1. The average molecular weight is 262 g/mol. The first-order valence-corrected chi connectivity index (χ1v) is 6.43. The number of phenols is 1. The molecule has 18 heavy (non-hydrogen) atoms.